The van der Waals surface area contributed by atoms with E-state index in [4.69, 9.17) is 16.3 Å². The van der Waals surface area contributed by atoms with Crippen molar-refractivity contribution in [1.29, 1.82) is 0 Å². The van der Waals surface area contributed by atoms with Crippen molar-refractivity contribution in [1.82, 2.24) is 15.0 Å². The van der Waals surface area contributed by atoms with Crippen LogP contribution < -0.4 is 10.9 Å². The minimum Gasteiger partial charge on any atom is -0.462 e. The first-order valence-electron chi connectivity index (χ1n) is 9.19. The van der Waals surface area contributed by atoms with Gasteiger partial charge in [0.1, 0.15) is 11.4 Å². The SMILES string of the molecule is CCOC(=O)c1ccc2nc(NC(=O)c3cnc(-c4ccc(Cl)cc4)[nH]c3=O)sc2c1. The lowest BCUT2D eigenvalue weighted by Crippen LogP contribution is -2.24. The van der Waals surface area contributed by atoms with Crippen LogP contribution in [0.4, 0.5) is 5.13 Å². The Labute approximate surface area is 184 Å². The average Bonchev–Trinajstić information content (AvgIpc) is 3.15. The Morgan fingerprint density at radius 3 is 2.68 bits per heavy atom. The van der Waals surface area contributed by atoms with E-state index in [0.717, 1.165) is 0 Å². The molecular formula is C21H15ClN4O4S. The summed E-state index contributed by atoms with van der Waals surface area (Å²) in [5.74, 6) is -0.743. The normalized spacial score (nSPS) is 10.8. The first-order chi connectivity index (χ1) is 14.9. The monoisotopic (exact) mass is 454 g/mol. The maximum Gasteiger partial charge on any atom is 0.338 e. The molecule has 0 aliphatic heterocycles. The molecule has 0 fully saturated rings. The van der Waals surface area contributed by atoms with E-state index >= 15 is 0 Å². The molecule has 0 aliphatic rings. The Morgan fingerprint density at radius 1 is 1.19 bits per heavy atom. The van der Waals surface area contributed by atoms with Crippen molar-refractivity contribution in [2.75, 3.05) is 11.9 Å². The number of amides is 1. The highest BCUT2D eigenvalue weighted by atomic mass is 35.5. The van der Waals surface area contributed by atoms with Crippen LogP contribution in [0.3, 0.4) is 0 Å². The van der Waals surface area contributed by atoms with Crippen LogP contribution in [0.5, 0.6) is 0 Å². The molecule has 4 aromatic rings. The molecule has 0 unspecified atom stereocenters. The summed E-state index contributed by atoms with van der Waals surface area (Å²) >= 11 is 7.05. The summed E-state index contributed by atoms with van der Waals surface area (Å²) in [6, 6.07) is 11.7. The topological polar surface area (TPSA) is 114 Å². The first-order valence-corrected chi connectivity index (χ1v) is 10.4. The molecular weight excluding hydrogens is 440 g/mol. The molecule has 1 amide bonds. The number of carbonyl (C=O) groups excluding carboxylic acids is 2. The van der Waals surface area contributed by atoms with Gasteiger partial charge in [-0.05, 0) is 49.4 Å². The Bertz CT molecular complexity index is 1350. The lowest BCUT2D eigenvalue weighted by atomic mass is 10.2. The second-order valence-electron chi connectivity index (χ2n) is 6.36. The number of esters is 1. The predicted molar refractivity (Wildman–Crippen MR) is 119 cm³/mol. The van der Waals surface area contributed by atoms with Crippen molar-refractivity contribution >= 4 is 50.2 Å². The van der Waals surface area contributed by atoms with Crippen LogP contribution in [0.1, 0.15) is 27.6 Å². The van der Waals surface area contributed by atoms with Crippen LogP contribution in [0.2, 0.25) is 5.02 Å². The smallest absolute Gasteiger partial charge is 0.338 e. The van der Waals surface area contributed by atoms with Crippen molar-refractivity contribution < 1.29 is 14.3 Å². The van der Waals surface area contributed by atoms with Gasteiger partial charge in [0.05, 0.1) is 22.4 Å². The standard InChI is InChI=1S/C21H15ClN4O4S/c1-2-30-20(29)12-5-8-15-16(9-12)31-21(24-15)26-19(28)14-10-23-17(25-18(14)27)11-3-6-13(22)7-4-11/h3-10H,2H2,1H3,(H,23,25,27)(H,24,26,28). The molecule has 2 N–H and O–H groups in total. The number of anilines is 1. The fourth-order valence-electron chi connectivity index (χ4n) is 2.80. The summed E-state index contributed by atoms with van der Waals surface area (Å²) in [6.07, 6.45) is 1.21. The Balaban J connectivity index is 1.55. The van der Waals surface area contributed by atoms with E-state index in [0.29, 0.717) is 37.3 Å². The largest absolute Gasteiger partial charge is 0.462 e. The van der Waals surface area contributed by atoms with E-state index in [-0.39, 0.29) is 12.2 Å². The van der Waals surface area contributed by atoms with Gasteiger partial charge < -0.3 is 9.72 Å². The number of carbonyl (C=O) groups is 2. The molecule has 0 saturated carbocycles. The van der Waals surface area contributed by atoms with Crippen LogP contribution in [-0.4, -0.2) is 33.4 Å². The zero-order chi connectivity index (χ0) is 22.0. The van der Waals surface area contributed by atoms with E-state index in [2.05, 4.69) is 20.3 Å². The van der Waals surface area contributed by atoms with Crippen LogP contribution in [-0.2, 0) is 4.74 Å². The number of nitrogens with one attached hydrogen (secondary N) is 2. The molecule has 0 bridgehead atoms. The number of halogens is 1. The molecule has 0 atom stereocenters. The van der Waals surface area contributed by atoms with Crippen molar-refractivity contribution in [2.24, 2.45) is 0 Å². The Hall–Kier alpha value is -3.56. The molecule has 0 aliphatic carbocycles. The zero-order valence-electron chi connectivity index (χ0n) is 16.1. The van der Waals surface area contributed by atoms with Gasteiger partial charge in [0.15, 0.2) is 5.13 Å². The third-order valence-electron chi connectivity index (χ3n) is 4.28. The molecule has 156 valence electrons. The number of hydrogen-bond acceptors (Lipinski definition) is 7. The molecule has 2 aromatic heterocycles. The fourth-order valence-corrected chi connectivity index (χ4v) is 3.82. The molecule has 4 rings (SSSR count). The fraction of sp³-hybridized carbons (Fsp3) is 0.0952. The summed E-state index contributed by atoms with van der Waals surface area (Å²) in [5, 5.41) is 3.46. The second-order valence-corrected chi connectivity index (χ2v) is 7.82. The van der Waals surface area contributed by atoms with E-state index < -0.39 is 17.4 Å². The number of benzene rings is 2. The lowest BCUT2D eigenvalue weighted by Gasteiger charge is -2.03. The molecule has 0 radical (unpaired) electrons. The van der Waals surface area contributed by atoms with Gasteiger partial charge in [0, 0.05) is 16.8 Å². The van der Waals surface area contributed by atoms with Crippen LogP contribution in [0.25, 0.3) is 21.6 Å². The molecule has 0 spiro atoms. The number of rotatable bonds is 5. The number of fused-ring (bicyclic) bond motifs is 1. The van der Waals surface area contributed by atoms with Crippen molar-refractivity contribution in [2.45, 2.75) is 6.92 Å². The number of aromatic amines is 1. The van der Waals surface area contributed by atoms with Gasteiger partial charge in [-0.25, -0.2) is 14.8 Å². The number of H-pyrrole nitrogens is 1. The average molecular weight is 455 g/mol. The van der Waals surface area contributed by atoms with Crippen molar-refractivity contribution in [3.63, 3.8) is 0 Å². The highest BCUT2D eigenvalue weighted by molar-refractivity contribution is 7.22. The number of nitrogens with zero attached hydrogens (tertiary/aromatic N) is 2. The Morgan fingerprint density at radius 2 is 1.97 bits per heavy atom. The minimum atomic E-state index is -0.638. The molecule has 8 nitrogen and oxygen atoms in total. The van der Waals surface area contributed by atoms with Crippen LogP contribution >= 0.6 is 22.9 Å². The summed E-state index contributed by atoms with van der Waals surface area (Å²) < 4.78 is 5.69. The highest BCUT2D eigenvalue weighted by Crippen LogP contribution is 2.27. The quantitative estimate of drug-likeness (QED) is 0.438. The first kappa shape index (κ1) is 20.7. The highest BCUT2D eigenvalue weighted by Gasteiger charge is 2.16. The Kier molecular flexibility index (Phi) is 5.79. The van der Waals surface area contributed by atoms with Crippen molar-refractivity contribution in [3.8, 4) is 11.4 Å². The maximum absolute atomic E-state index is 12.6. The third kappa shape index (κ3) is 4.47. The van der Waals surface area contributed by atoms with E-state index in [1.807, 2.05) is 0 Å². The minimum absolute atomic E-state index is 0.149. The van der Waals surface area contributed by atoms with Gasteiger partial charge in [0.2, 0.25) is 0 Å². The second kappa shape index (κ2) is 8.66. The summed E-state index contributed by atoms with van der Waals surface area (Å²) in [7, 11) is 0. The summed E-state index contributed by atoms with van der Waals surface area (Å²) in [6.45, 7) is 2.01. The molecule has 2 aromatic carbocycles. The lowest BCUT2D eigenvalue weighted by molar-refractivity contribution is 0.0526. The summed E-state index contributed by atoms with van der Waals surface area (Å²) in [5.41, 5.74) is 0.942. The molecule has 0 saturated heterocycles. The maximum atomic E-state index is 12.6. The number of aromatic nitrogens is 3. The van der Waals surface area contributed by atoms with Gasteiger partial charge in [0.25, 0.3) is 11.5 Å². The molecule has 10 heteroatoms. The van der Waals surface area contributed by atoms with Gasteiger partial charge in [-0.3, -0.25) is 14.9 Å². The van der Waals surface area contributed by atoms with E-state index in [9.17, 15) is 14.4 Å². The van der Waals surface area contributed by atoms with Crippen LogP contribution in [0.15, 0.2) is 53.5 Å². The number of ether oxygens (including phenoxy) is 1. The third-order valence-corrected chi connectivity index (χ3v) is 5.47. The van der Waals surface area contributed by atoms with Crippen LogP contribution in [0, 0.1) is 0 Å². The number of thiazole rings is 1. The molecule has 2 heterocycles. The predicted octanol–water partition coefficient (Wildman–Crippen LogP) is 4.13. The van der Waals surface area contributed by atoms with Crippen molar-refractivity contribution in [3.05, 3.63) is 75.2 Å². The zero-order valence-corrected chi connectivity index (χ0v) is 17.7. The van der Waals surface area contributed by atoms with E-state index in [1.165, 1.54) is 17.5 Å². The molecule has 31 heavy (non-hydrogen) atoms. The van der Waals surface area contributed by atoms with Gasteiger partial charge >= 0.3 is 5.97 Å². The van der Waals surface area contributed by atoms with Gasteiger partial charge in [-0.1, -0.05) is 22.9 Å². The van der Waals surface area contributed by atoms with Gasteiger partial charge in [-0.15, -0.1) is 0 Å². The summed E-state index contributed by atoms with van der Waals surface area (Å²) in [4.78, 5) is 47.9. The van der Waals surface area contributed by atoms with Gasteiger partial charge in [-0.2, -0.15) is 0 Å². The van der Waals surface area contributed by atoms with E-state index in [1.54, 1.807) is 49.4 Å². The number of hydrogen-bond donors (Lipinski definition) is 2.